The second-order valence-electron chi connectivity index (χ2n) is 5.40. The van der Waals surface area contributed by atoms with Crippen LogP contribution < -0.4 is 11.1 Å². The average Bonchev–Trinajstić information content (AvgIpc) is 2.52. The molecule has 0 aliphatic heterocycles. The minimum absolute atomic E-state index is 0.123. The number of nitrogens with zero attached hydrogens (tertiary/aromatic N) is 1. The molecule has 0 bridgehead atoms. The maximum Gasteiger partial charge on any atom is 0.170 e. The van der Waals surface area contributed by atoms with Gasteiger partial charge in [0, 0.05) is 24.8 Å². The molecule has 20 heavy (non-hydrogen) atoms. The van der Waals surface area contributed by atoms with Crippen molar-refractivity contribution in [2.75, 3.05) is 6.61 Å². The molecule has 2 rings (SSSR count). The minimum Gasteiger partial charge on any atom is -0.409 e. The quantitative estimate of drug-likeness (QED) is 0.283. The highest BCUT2D eigenvalue weighted by Gasteiger charge is 2.23. The van der Waals surface area contributed by atoms with E-state index in [1.807, 2.05) is 24.3 Å². The van der Waals surface area contributed by atoms with Crippen LogP contribution in [0.2, 0.25) is 0 Å². The summed E-state index contributed by atoms with van der Waals surface area (Å²) in [5.74, 6) is 0.480. The lowest BCUT2D eigenvalue weighted by Crippen LogP contribution is -2.39. The smallest absolute Gasteiger partial charge is 0.170 e. The summed E-state index contributed by atoms with van der Waals surface area (Å²) in [4.78, 5) is 0. The Morgan fingerprint density at radius 2 is 2.15 bits per heavy atom. The minimum atomic E-state index is 0.123. The van der Waals surface area contributed by atoms with Gasteiger partial charge in [-0.15, -0.1) is 0 Å². The number of benzene rings is 1. The molecule has 2 atom stereocenters. The van der Waals surface area contributed by atoms with E-state index >= 15 is 0 Å². The number of rotatable bonds is 5. The molecule has 1 aromatic rings. The molecule has 1 aliphatic rings. The number of nitrogens with two attached hydrogens (primary N) is 1. The van der Waals surface area contributed by atoms with Gasteiger partial charge < -0.3 is 21.4 Å². The molecule has 1 aliphatic carbocycles. The number of aliphatic hydroxyl groups excluding tert-OH is 1. The molecule has 5 N–H and O–H groups in total. The Bertz CT molecular complexity index is 462. The van der Waals surface area contributed by atoms with E-state index in [1.165, 1.54) is 12.8 Å². The van der Waals surface area contributed by atoms with Crippen LogP contribution in [0.15, 0.2) is 29.4 Å². The average molecular weight is 277 g/mol. The van der Waals surface area contributed by atoms with E-state index in [2.05, 4.69) is 10.5 Å². The highest BCUT2D eigenvalue weighted by molar-refractivity contribution is 5.97. The topological polar surface area (TPSA) is 90.9 Å². The number of aliphatic hydroxyl groups is 1. The Hall–Kier alpha value is -1.59. The van der Waals surface area contributed by atoms with Crippen LogP contribution in [-0.4, -0.2) is 28.8 Å². The molecule has 2 unspecified atom stereocenters. The summed E-state index contributed by atoms with van der Waals surface area (Å²) in [6.45, 7) is 0.982. The standard InChI is InChI=1S/C15H23N3O2/c16-15(18-20)12-6-3-4-11(8-12)9-17-14-7-2-1-5-13(14)10-19/h3-4,6,8,13-14,17,19-20H,1-2,5,7,9-10H2,(H2,16,18). The van der Waals surface area contributed by atoms with Gasteiger partial charge in [-0.2, -0.15) is 0 Å². The molecule has 0 amide bonds. The molecule has 0 aromatic heterocycles. The molecule has 110 valence electrons. The van der Waals surface area contributed by atoms with E-state index < -0.39 is 0 Å². The van der Waals surface area contributed by atoms with Gasteiger partial charge in [0.15, 0.2) is 5.84 Å². The van der Waals surface area contributed by atoms with Crippen molar-refractivity contribution in [2.24, 2.45) is 16.8 Å². The van der Waals surface area contributed by atoms with Gasteiger partial charge in [-0.3, -0.25) is 0 Å². The Morgan fingerprint density at radius 1 is 1.35 bits per heavy atom. The Balaban J connectivity index is 1.96. The first-order valence-corrected chi connectivity index (χ1v) is 7.15. The number of nitrogens with one attached hydrogen (secondary N) is 1. The summed E-state index contributed by atoms with van der Waals surface area (Å²) in [6.07, 6.45) is 4.64. The SMILES string of the molecule is N/C(=N/O)c1cccc(CNC2CCCCC2CO)c1. The maximum absolute atomic E-state index is 9.41. The van der Waals surface area contributed by atoms with Crippen molar-refractivity contribution < 1.29 is 10.3 Å². The zero-order valence-corrected chi connectivity index (χ0v) is 11.6. The lowest BCUT2D eigenvalue weighted by atomic mass is 9.85. The third-order valence-corrected chi connectivity index (χ3v) is 4.04. The lowest BCUT2D eigenvalue weighted by Gasteiger charge is -2.31. The van der Waals surface area contributed by atoms with Crippen molar-refractivity contribution >= 4 is 5.84 Å². The van der Waals surface area contributed by atoms with Gasteiger partial charge in [0.1, 0.15) is 0 Å². The second-order valence-corrected chi connectivity index (χ2v) is 5.40. The van der Waals surface area contributed by atoms with Crippen LogP contribution >= 0.6 is 0 Å². The number of hydrogen-bond acceptors (Lipinski definition) is 4. The fourth-order valence-electron chi connectivity index (χ4n) is 2.84. The summed E-state index contributed by atoms with van der Waals surface area (Å²) in [5.41, 5.74) is 7.40. The van der Waals surface area contributed by atoms with E-state index in [4.69, 9.17) is 10.9 Å². The molecule has 1 saturated carbocycles. The fraction of sp³-hybridized carbons (Fsp3) is 0.533. The van der Waals surface area contributed by atoms with Crippen molar-refractivity contribution in [3.8, 4) is 0 Å². The molecule has 5 heteroatoms. The molecular formula is C15H23N3O2. The molecule has 1 aromatic carbocycles. The van der Waals surface area contributed by atoms with E-state index in [-0.39, 0.29) is 12.4 Å². The summed E-state index contributed by atoms with van der Waals surface area (Å²) < 4.78 is 0. The Kier molecular flexibility index (Phi) is 5.38. The van der Waals surface area contributed by atoms with Gasteiger partial charge in [-0.1, -0.05) is 36.2 Å². The fourth-order valence-corrected chi connectivity index (χ4v) is 2.84. The predicted octanol–water partition coefficient (Wildman–Crippen LogP) is 1.42. The van der Waals surface area contributed by atoms with Crippen LogP contribution in [0.3, 0.4) is 0 Å². The number of oxime groups is 1. The molecule has 0 radical (unpaired) electrons. The van der Waals surface area contributed by atoms with E-state index in [0.717, 1.165) is 24.9 Å². The molecule has 0 saturated heterocycles. The van der Waals surface area contributed by atoms with Crippen LogP contribution in [-0.2, 0) is 6.54 Å². The predicted molar refractivity (Wildman–Crippen MR) is 78.6 cm³/mol. The highest BCUT2D eigenvalue weighted by Crippen LogP contribution is 2.24. The van der Waals surface area contributed by atoms with Crippen molar-refractivity contribution in [2.45, 2.75) is 38.3 Å². The monoisotopic (exact) mass is 277 g/mol. The Morgan fingerprint density at radius 3 is 2.90 bits per heavy atom. The first-order valence-electron chi connectivity index (χ1n) is 7.15. The third-order valence-electron chi connectivity index (χ3n) is 4.04. The van der Waals surface area contributed by atoms with Crippen molar-refractivity contribution in [3.05, 3.63) is 35.4 Å². The van der Waals surface area contributed by atoms with E-state index in [9.17, 15) is 5.11 Å². The molecule has 5 nitrogen and oxygen atoms in total. The number of amidine groups is 1. The van der Waals surface area contributed by atoms with Crippen molar-refractivity contribution in [1.82, 2.24) is 5.32 Å². The van der Waals surface area contributed by atoms with Crippen molar-refractivity contribution in [1.29, 1.82) is 0 Å². The highest BCUT2D eigenvalue weighted by atomic mass is 16.4. The summed E-state index contributed by atoms with van der Waals surface area (Å²) in [5, 5.41) is 24.6. The summed E-state index contributed by atoms with van der Waals surface area (Å²) >= 11 is 0. The van der Waals surface area contributed by atoms with Crippen LogP contribution in [0.4, 0.5) is 0 Å². The Labute approximate surface area is 119 Å². The second kappa shape index (κ2) is 7.26. The zero-order chi connectivity index (χ0) is 14.4. The molecule has 1 fully saturated rings. The van der Waals surface area contributed by atoms with Crippen LogP contribution in [0, 0.1) is 5.92 Å². The van der Waals surface area contributed by atoms with Gasteiger partial charge in [-0.25, -0.2) is 0 Å². The van der Waals surface area contributed by atoms with Gasteiger partial charge in [0.05, 0.1) is 0 Å². The van der Waals surface area contributed by atoms with E-state index in [1.54, 1.807) is 0 Å². The first-order chi connectivity index (χ1) is 9.74. The van der Waals surface area contributed by atoms with Gasteiger partial charge in [0.25, 0.3) is 0 Å². The van der Waals surface area contributed by atoms with E-state index in [0.29, 0.717) is 17.5 Å². The summed E-state index contributed by atoms with van der Waals surface area (Å²) in [6, 6.07) is 8.02. The van der Waals surface area contributed by atoms with Gasteiger partial charge in [-0.05, 0) is 30.4 Å². The first kappa shape index (κ1) is 14.8. The maximum atomic E-state index is 9.41. The summed E-state index contributed by atoms with van der Waals surface area (Å²) in [7, 11) is 0. The van der Waals surface area contributed by atoms with Gasteiger partial charge in [0.2, 0.25) is 0 Å². The normalized spacial score (nSPS) is 23.8. The van der Waals surface area contributed by atoms with Crippen molar-refractivity contribution in [3.63, 3.8) is 0 Å². The van der Waals surface area contributed by atoms with Crippen LogP contribution in [0.25, 0.3) is 0 Å². The largest absolute Gasteiger partial charge is 0.409 e. The van der Waals surface area contributed by atoms with Crippen LogP contribution in [0.1, 0.15) is 36.8 Å². The van der Waals surface area contributed by atoms with Gasteiger partial charge >= 0.3 is 0 Å². The third kappa shape index (κ3) is 3.71. The molecular weight excluding hydrogens is 254 g/mol. The molecule has 0 heterocycles. The van der Waals surface area contributed by atoms with Crippen LogP contribution in [0.5, 0.6) is 0 Å². The zero-order valence-electron chi connectivity index (χ0n) is 11.6. The number of hydrogen-bond donors (Lipinski definition) is 4. The molecule has 0 spiro atoms. The lowest BCUT2D eigenvalue weighted by molar-refractivity contribution is 0.152.